The van der Waals surface area contributed by atoms with Crippen molar-refractivity contribution in [2.45, 2.75) is 38.5 Å². The minimum Gasteiger partial charge on any atom is -0.348 e. The van der Waals surface area contributed by atoms with Gasteiger partial charge in [0.15, 0.2) is 0 Å². The molecule has 0 saturated carbocycles. The van der Waals surface area contributed by atoms with Crippen LogP contribution >= 0.6 is 0 Å². The number of carbonyl (C=O) groups excluding carboxylic acids is 1. The largest absolute Gasteiger partial charge is 0.348 e. The molecular weight excluding hydrogens is 262 g/mol. The summed E-state index contributed by atoms with van der Waals surface area (Å²) in [6.45, 7) is 0. The van der Waals surface area contributed by atoms with Gasteiger partial charge in [-0.2, -0.15) is 0 Å². The van der Waals surface area contributed by atoms with E-state index < -0.39 is 0 Å². The van der Waals surface area contributed by atoms with Crippen molar-refractivity contribution >= 4 is 11.6 Å². The molecule has 1 atom stereocenters. The molecule has 21 heavy (non-hydrogen) atoms. The van der Waals surface area contributed by atoms with Crippen LogP contribution in [0.15, 0.2) is 24.5 Å². The van der Waals surface area contributed by atoms with E-state index >= 15 is 0 Å². The maximum absolute atomic E-state index is 12.5. The molecule has 2 N–H and O–H groups in total. The maximum Gasteiger partial charge on any atom is 0.227 e. The van der Waals surface area contributed by atoms with Gasteiger partial charge in [0.1, 0.15) is 0 Å². The highest BCUT2D eigenvalue weighted by Gasteiger charge is 2.26. The molecule has 0 bridgehead atoms. The average molecular weight is 281 g/mol. The lowest BCUT2D eigenvalue weighted by Crippen LogP contribution is -2.28. The van der Waals surface area contributed by atoms with E-state index in [-0.39, 0.29) is 11.8 Å². The second-order valence-corrected chi connectivity index (χ2v) is 6.09. The van der Waals surface area contributed by atoms with E-state index in [0.717, 1.165) is 42.8 Å². The van der Waals surface area contributed by atoms with Crippen LogP contribution in [0.2, 0.25) is 0 Å². The van der Waals surface area contributed by atoms with Crippen LogP contribution in [0.3, 0.4) is 0 Å². The van der Waals surface area contributed by atoms with Gasteiger partial charge in [-0.15, -0.1) is 0 Å². The van der Waals surface area contributed by atoms with Crippen molar-refractivity contribution in [2.75, 3.05) is 5.32 Å². The Balaban J connectivity index is 1.47. The van der Waals surface area contributed by atoms with E-state index in [4.69, 9.17) is 0 Å². The predicted octanol–water partition coefficient (Wildman–Crippen LogP) is 2.64. The fourth-order valence-corrected chi connectivity index (χ4v) is 3.52. The van der Waals surface area contributed by atoms with Crippen molar-refractivity contribution in [3.8, 4) is 0 Å². The van der Waals surface area contributed by atoms with E-state index in [0.29, 0.717) is 0 Å². The first-order chi connectivity index (χ1) is 10.3. The van der Waals surface area contributed by atoms with Gasteiger partial charge in [0.25, 0.3) is 0 Å². The van der Waals surface area contributed by atoms with Crippen LogP contribution < -0.4 is 5.32 Å². The summed E-state index contributed by atoms with van der Waals surface area (Å²) < 4.78 is 0. The van der Waals surface area contributed by atoms with Gasteiger partial charge >= 0.3 is 0 Å². The van der Waals surface area contributed by atoms with Gasteiger partial charge in [-0.3, -0.25) is 4.79 Å². The summed E-state index contributed by atoms with van der Waals surface area (Å²) in [5.74, 6) is 0.180. The number of amides is 1. The summed E-state index contributed by atoms with van der Waals surface area (Å²) in [6, 6.07) is 6.34. The van der Waals surface area contributed by atoms with Crippen molar-refractivity contribution in [3.05, 3.63) is 47.0 Å². The molecule has 2 aliphatic carbocycles. The van der Waals surface area contributed by atoms with Crippen molar-refractivity contribution in [1.82, 2.24) is 9.97 Å². The van der Waals surface area contributed by atoms with Gasteiger partial charge in [-0.25, -0.2) is 4.98 Å². The minimum atomic E-state index is 0.0474. The first-order valence-corrected chi connectivity index (χ1v) is 7.73. The van der Waals surface area contributed by atoms with E-state index in [1.165, 1.54) is 24.0 Å². The topological polar surface area (TPSA) is 57.8 Å². The first-order valence-electron chi connectivity index (χ1n) is 7.73. The summed E-state index contributed by atoms with van der Waals surface area (Å²) in [5.41, 5.74) is 6.02. The normalized spacial score (nSPS) is 19.9. The lowest BCUT2D eigenvalue weighted by atomic mass is 9.89. The van der Waals surface area contributed by atoms with Crippen LogP contribution in [0, 0.1) is 5.92 Å². The third-order valence-electron chi connectivity index (χ3n) is 4.72. The number of aryl methyl sites for hydroxylation is 3. The number of nitrogens with one attached hydrogen (secondary N) is 2. The number of imidazole rings is 1. The number of rotatable bonds is 2. The molecule has 0 fully saturated rings. The number of aromatic amines is 1. The van der Waals surface area contributed by atoms with Gasteiger partial charge < -0.3 is 10.3 Å². The molecule has 1 aromatic carbocycles. The van der Waals surface area contributed by atoms with Gasteiger partial charge in [0, 0.05) is 23.7 Å². The highest BCUT2D eigenvalue weighted by molar-refractivity contribution is 5.93. The fourth-order valence-electron chi connectivity index (χ4n) is 3.52. The van der Waals surface area contributed by atoms with Crippen LogP contribution in [0.5, 0.6) is 0 Å². The lowest BCUT2D eigenvalue weighted by Gasteiger charge is -2.20. The molecule has 1 amide bonds. The van der Waals surface area contributed by atoms with Crippen molar-refractivity contribution in [2.24, 2.45) is 5.92 Å². The molecule has 4 rings (SSSR count). The summed E-state index contributed by atoms with van der Waals surface area (Å²) >= 11 is 0. The van der Waals surface area contributed by atoms with E-state index in [1.807, 2.05) is 6.07 Å². The average Bonchev–Trinajstić information content (AvgIpc) is 3.14. The fraction of sp³-hybridized carbons (Fsp3) is 0.412. The van der Waals surface area contributed by atoms with Crippen molar-refractivity contribution in [1.29, 1.82) is 0 Å². The summed E-state index contributed by atoms with van der Waals surface area (Å²) in [6.07, 6.45) is 7.82. The molecule has 1 aromatic heterocycles. The second kappa shape index (κ2) is 5.02. The molecule has 0 unspecified atom stereocenters. The maximum atomic E-state index is 12.5. The monoisotopic (exact) mass is 281 g/mol. The Labute approximate surface area is 124 Å². The lowest BCUT2D eigenvalue weighted by molar-refractivity contribution is -0.120. The highest BCUT2D eigenvalue weighted by Crippen LogP contribution is 2.27. The Morgan fingerprint density at radius 2 is 2.14 bits per heavy atom. The number of aromatic nitrogens is 2. The zero-order valence-corrected chi connectivity index (χ0v) is 12.0. The Bertz CT molecular complexity index is 689. The van der Waals surface area contributed by atoms with Gasteiger partial charge in [-0.1, -0.05) is 6.07 Å². The number of hydrogen-bond donors (Lipinski definition) is 2. The number of anilines is 1. The smallest absolute Gasteiger partial charge is 0.227 e. The zero-order valence-electron chi connectivity index (χ0n) is 12.0. The number of benzene rings is 1. The van der Waals surface area contributed by atoms with E-state index in [1.54, 1.807) is 6.33 Å². The molecular formula is C17H19N3O. The Kier molecular flexibility index (Phi) is 3.02. The molecule has 4 heteroatoms. The number of carbonyl (C=O) groups is 1. The van der Waals surface area contributed by atoms with Crippen LogP contribution in [0.25, 0.3) is 0 Å². The molecule has 2 aromatic rings. The first kappa shape index (κ1) is 12.6. The Morgan fingerprint density at radius 1 is 1.24 bits per heavy atom. The Hall–Kier alpha value is -2.10. The van der Waals surface area contributed by atoms with Gasteiger partial charge in [0.05, 0.1) is 12.0 Å². The van der Waals surface area contributed by atoms with Gasteiger partial charge in [0.2, 0.25) is 5.91 Å². The van der Waals surface area contributed by atoms with E-state index in [2.05, 4.69) is 27.4 Å². The standard InChI is InChI=1S/C17H19N3O/c21-17(13-5-7-15-16(9-13)19-10-18-15)20-14-6-4-11-2-1-3-12(11)8-14/h4,6,8,10,13H,1-3,5,7,9H2,(H,18,19)(H,20,21)/t13-/m0/s1. The molecule has 1 heterocycles. The highest BCUT2D eigenvalue weighted by atomic mass is 16.1. The van der Waals surface area contributed by atoms with Crippen molar-refractivity contribution < 1.29 is 4.79 Å². The molecule has 0 radical (unpaired) electrons. The third-order valence-corrected chi connectivity index (χ3v) is 4.72. The number of hydrogen-bond acceptors (Lipinski definition) is 2. The second-order valence-electron chi connectivity index (χ2n) is 6.09. The molecule has 4 nitrogen and oxygen atoms in total. The molecule has 0 saturated heterocycles. The number of fused-ring (bicyclic) bond motifs is 2. The number of nitrogens with zero attached hydrogens (tertiary/aromatic N) is 1. The minimum absolute atomic E-state index is 0.0474. The van der Waals surface area contributed by atoms with Crippen LogP contribution in [0.4, 0.5) is 5.69 Å². The summed E-state index contributed by atoms with van der Waals surface area (Å²) in [5, 5.41) is 3.09. The SMILES string of the molecule is O=C(Nc1ccc2c(c1)CCC2)[C@H]1CCc2nc[nH]c2C1. The molecule has 2 aliphatic rings. The zero-order chi connectivity index (χ0) is 14.2. The molecule has 0 aliphatic heterocycles. The van der Waals surface area contributed by atoms with Gasteiger partial charge in [-0.05, 0) is 55.4 Å². The van der Waals surface area contributed by atoms with Crippen molar-refractivity contribution in [3.63, 3.8) is 0 Å². The quantitative estimate of drug-likeness (QED) is 0.889. The third kappa shape index (κ3) is 2.35. The van der Waals surface area contributed by atoms with Crippen LogP contribution in [-0.4, -0.2) is 15.9 Å². The van der Waals surface area contributed by atoms with Crippen LogP contribution in [-0.2, 0) is 30.5 Å². The number of H-pyrrole nitrogens is 1. The van der Waals surface area contributed by atoms with Crippen LogP contribution in [0.1, 0.15) is 35.4 Å². The molecule has 108 valence electrons. The van der Waals surface area contributed by atoms with E-state index in [9.17, 15) is 4.79 Å². The summed E-state index contributed by atoms with van der Waals surface area (Å²) in [4.78, 5) is 19.9. The summed E-state index contributed by atoms with van der Waals surface area (Å²) in [7, 11) is 0. The Morgan fingerprint density at radius 3 is 3.10 bits per heavy atom. The predicted molar refractivity (Wildman–Crippen MR) is 81.2 cm³/mol. The molecule has 0 spiro atoms.